The summed E-state index contributed by atoms with van der Waals surface area (Å²) >= 11 is 1.88. The maximum Gasteiger partial charge on any atom is 2.00 e. The zero-order chi connectivity index (χ0) is 40.2. The van der Waals surface area contributed by atoms with E-state index in [2.05, 4.69) is 220 Å². The molecular weight excluding hydrogens is 856 g/mol. The second-order valence-corrected chi connectivity index (χ2v) is 19.1. The van der Waals surface area contributed by atoms with E-state index in [0.717, 1.165) is 5.75 Å². The third-order valence-corrected chi connectivity index (χ3v) is 15.7. The average molecular weight is 905 g/mol. The minimum Gasteiger partial charge on any atom is -0.214 e. The van der Waals surface area contributed by atoms with Crippen LogP contribution in [0.25, 0.3) is 0 Å². The van der Waals surface area contributed by atoms with Gasteiger partial charge in [0, 0.05) is 16.6 Å². The number of hydrogen-bond acceptors (Lipinski definition) is 1. The molecule has 2 unspecified atom stereocenters. The molecule has 9 rings (SSSR count). The molecule has 59 heavy (non-hydrogen) atoms. The molecule has 8 aromatic carbocycles. The molecule has 0 nitrogen and oxygen atoms in total. The Morgan fingerprint density at radius 1 is 0.508 bits per heavy atom. The van der Waals surface area contributed by atoms with Crippen molar-refractivity contribution in [2.45, 2.75) is 17.7 Å². The molecule has 8 aromatic rings. The van der Waals surface area contributed by atoms with Gasteiger partial charge in [0.15, 0.2) is 0 Å². The van der Waals surface area contributed by atoms with Gasteiger partial charge in [0.25, 0.3) is 0 Å². The number of allylic oxidation sites excluding steroid dienone is 2. The topological polar surface area (TPSA) is 0 Å². The fourth-order valence-electron chi connectivity index (χ4n) is 6.72. The molecule has 0 spiro atoms. The summed E-state index contributed by atoms with van der Waals surface area (Å²) in [5.74, 6) is 1.69. The van der Waals surface area contributed by atoms with Gasteiger partial charge in [-0.05, 0) is 78.7 Å². The summed E-state index contributed by atoms with van der Waals surface area (Å²) in [7, 11) is -0.892. The van der Waals surface area contributed by atoms with E-state index in [1.807, 2.05) is 42.1 Å². The monoisotopic (exact) mass is 905 g/mol. The van der Waals surface area contributed by atoms with Crippen LogP contribution in [0.15, 0.2) is 260 Å². The average Bonchev–Trinajstić information content (AvgIpc) is 3.90. The van der Waals surface area contributed by atoms with Gasteiger partial charge in [-0.25, -0.2) is 12.1 Å². The van der Waals surface area contributed by atoms with Crippen molar-refractivity contribution in [3.63, 3.8) is 0 Å². The second-order valence-electron chi connectivity index (χ2n) is 13.6. The molecule has 0 aliphatic carbocycles. The summed E-state index contributed by atoms with van der Waals surface area (Å²) in [6.07, 6.45) is 1.57. The smallest absolute Gasteiger partial charge is 0.214 e. The summed E-state index contributed by atoms with van der Waals surface area (Å²) in [4.78, 5) is 1.32. The maximum atomic E-state index is 7.58. The molecule has 0 N–H and O–H groups in total. The minimum atomic E-state index is -0.446. The van der Waals surface area contributed by atoms with Crippen molar-refractivity contribution in [2.75, 3.05) is 5.75 Å². The van der Waals surface area contributed by atoms with Crippen LogP contribution >= 0.6 is 27.6 Å². The van der Waals surface area contributed by atoms with Crippen molar-refractivity contribution < 1.29 is 19.5 Å². The molecule has 0 saturated heterocycles. The molecule has 0 fully saturated rings. The van der Waals surface area contributed by atoms with Gasteiger partial charge in [-0.2, -0.15) is 18.2 Å². The number of rotatable bonds is 8. The molecule has 1 aliphatic heterocycles. The van der Waals surface area contributed by atoms with E-state index in [0.29, 0.717) is 5.92 Å². The van der Waals surface area contributed by atoms with Gasteiger partial charge in [0.1, 0.15) is 0 Å². The van der Waals surface area contributed by atoms with Gasteiger partial charge < -0.3 is 0 Å². The van der Waals surface area contributed by atoms with Crippen molar-refractivity contribution in [3.05, 3.63) is 267 Å². The van der Waals surface area contributed by atoms with Crippen molar-refractivity contribution in [3.8, 4) is 0 Å². The van der Waals surface area contributed by atoms with E-state index in [1.165, 1.54) is 47.9 Å². The van der Waals surface area contributed by atoms with Crippen LogP contribution in [0.4, 0.5) is 0 Å². The van der Waals surface area contributed by atoms with Crippen molar-refractivity contribution in [1.29, 1.82) is 0 Å². The van der Waals surface area contributed by atoms with E-state index in [1.54, 1.807) is 6.08 Å². The minimum absolute atomic E-state index is 0. The normalized spacial score (nSPS) is 13.7. The standard InChI is InChI=1S/2C18H15P.C14H14S.C5H5.Ru/c2*1-4-10-16(11-5-1)19(17-12-6-2-7-13-17)18-14-8-3-9-15-18;1-4-11-12-7-5-6-8-14(12)15-9-13(11)10(2)3;1-2-4-5-3-1;/h2*1-15H;4-8,11,13H,2,9H2,3H3;1-5H;/q;;;-1;+2. The Hall–Kier alpha value is -4.80. The van der Waals surface area contributed by atoms with Crippen LogP contribution in [0.2, 0.25) is 0 Å². The first kappa shape index (κ1) is 45.3. The van der Waals surface area contributed by atoms with Crippen LogP contribution < -0.4 is 31.8 Å². The van der Waals surface area contributed by atoms with Crippen LogP contribution in [0, 0.1) is 12.5 Å². The Morgan fingerprint density at radius 3 is 1.08 bits per heavy atom. The van der Waals surface area contributed by atoms with Gasteiger partial charge in [-0.15, -0.1) is 11.8 Å². The first-order valence-electron chi connectivity index (χ1n) is 19.6. The first-order chi connectivity index (χ1) is 28.6. The van der Waals surface area contributed by atoms with E-state index < -0.39 is 15.8 Å². The maximum absolute atomic E-state index is 7.58. The molecule has 292 valence electrons. The molecule has 2 radical (unpaired) electrons. The second kappa shape index (κ2) is 25.0. The zero-order valence-electron chi connectivity index (χ0n) is 33.3. The number of fused-ring (bicyclic) bond motifs is 1. The third-order valence-electron chi connectivity index (χ3n) is 9.58. The fraction of sp³-hybridized carbons (Fsp3) is 0.0727. The van der Waals surface area contributed by atoms with E-state index in [-0.39, 0.29) is 25.4 Å². The Bertz CT molecular complexity index is 2010. The first-order valence-corrected chi connectivity index (χ1v) is 23.3. The predicted octanol–water partition coefficient (Wildman–Crippen LogP) is 12.2. The molecule has 0 bridgehead atoms. The van der Waals surface area contributed by atoms with E-state index >= 15 is 0 Å². The number of benzene rings is 7. The molecule has 2 atom stereocenters. The summed E-state index contributed by atoms with van der Waals surface area (Å²) in [6, 6.07) is 83.0. The summed E-state index contributed by atoms with van der Waals surface area (Å²) in [6.45, 7) is 13.7. The summed E-state index contributed by atoms with van der Waals surface area (Å²) in [5.41, 5.74) is 2.47. The molecule has 4 heteroatoms. The van der Waals surface area contributed by atoms with Gasteiger partial charge in [0.2, 0.25) is 0 Å². The quantitative estimate of drug-likeness (QED) is 0.0634. The fourth-order valence-corrected chi connectivity index (χ4v) is 12.7. The number of thioether (sulfide) groups is 1. The Kier molecular flexibility index (Phi) is 19.2. The van der Waals surface area contributed by atoms with Crippen molar-refractivity contribution in [2.24, 2.45) is 5.92 Å². The Balaban J connectivity index is 0.000000158. The van der Waals surface area contributed by atoms with Gasteiger partial charge in [0.05, 0.1) is 0 Å². The summed E-state index contributed by atoms with van der Waals surface area (Å²) in [5, 5.41) is 8.39. The molecule has 0 saturated carbocycles. The molecular formula is C55H49P2RuS+. The molecule has 1 aliphatic rings. The van der Waals surface area contributed by atoms with Crippen molar-refractivity contribution >= 4 is 59.4 Å². The van der Waals surface area contributed by atoms with Crippen LogP contribution in [0.5, 0.6) is 0 Å². The van der Waals surface area contributed by atoms with Crippen LogP contribution in [0.3, 0.4) is 0 Å². The van der Waals surface area contributed by atoms with Crippen LogP contribution in [-0.2, 0) is 19.5 Å². The van der Waals surface area contributed by atoms with Crippen LogP contribution in [-0.4, -0.2) is 5.75 Å². The molecule has 0 aromatic heterocycles. The largest absolute Gasteiger partial charge is 2.00 e. The van der Waals surface area contributed by atoms with Gasteiger partial charge >= 0.3 is 19.5 Å². The predicted molar refractivity (Wildman–Crippen MR) is 258 cm³/mol. The van der Waals surface area contributed by atoms with Crippen LogP contribution in [0.1, 0.15) is 18.4 Å². The SMILES string of the molecule is [C]=CC1c2ccccc2SCC1C(=C)C.[Ru+2].c1cc[cH-]c1.c1ccc(P(c2ccccc2)c2ccccc2)cc1.c1ccc(P(c2ccccc2)c2ccccc2)cc1. The zero-order valence-corrected chi connectivity index (χ0v) is 37.7. The van der Waals surface area contributed by atoms with Crippen molar-refractivity contribution in [1.82, 2.24) is 0 Å². The summed E-state index contributed by atoms with van der Waals surface area (Å²) < 4.78 is 0. The van der Waals surface area contributed by atoms with Gasteiger partial charge in [-0.1, -0.05) is 218 Å². The third kappa shape index (κ3) is 13.4. The molecule has 1 heterocycles. The Morgan fingerprint density at radius 2 is 0.814 bits per heavy atom. The van der Waals surface area contributed by atoms with E-state index in [9.17, 15) is 0 Å². The Labute approximate surface area is 372 Å². The van der Waals surface area contributed by atoms with Gasteiger partial charge in [-0.3, -0.25) is 0 Å². The molecule has 0 amide bonds. The number of hydrogen-bond donors (Lipinski definition) is 0. The van der Waals surface area contributed by atoms with E-state index in [4.69, 9.17) is 6.58 Å².